The molecule has 0 N–H and O–H groups in total. The molecule has 1 heterocycles. The van der Waals surface area contributed by atoms with Crippen LogP contribution in [0.4, 0.5) is 17.1 Å². The number of hydrogen-bond donors (Lipinski definition) is 0. The summed E-state index contributed by atoms with van der Waals surface area (Å²) in [6.07, 6.45) is 8.32. The van der Waals surface area contributed by atoms with Gasteiger partial charge in [-0.15, -0.1) is 0 Å². The van der Waals surface area contributed by atoms with Crippen molar-refractivity contribution >= 4 is 39.0 Å². The fourth-order valence-electron chi connectivity index (χ4n) is 10.9. The minimum absolute atomic E-state index is 0.285. The van der Waals surface area contributed by atoms with Crippen LogP contribution in [0.25, 0.3) is 55.3 Å². The Morgan fingerprint density at radius 1 is 0.481 bits per heavy atom. The predicted molar refractivity (Wildman–Crippen MR) is 225 cm³/mol. The van der Waals surface area contributed by atoms with Gasteiger partial charge in [0.1, 0.15) is 11.2 Å². The lowest BCUT2D eigenvalue weighted by atomic mass is 9.59. The molecule has 0 amide bonds. The molecule has 3 bridgehead atoms. The molecule has 3 aliphatic rings. The molecular weight excluding hydrogens is 655 g/mol. The number of furan rings is 1. The van der Waals surface area contributed by atoms with Gasteiger partial charge in [0.15, 0.2) is 0 Å². The van der Waals surface area contributed by atoms with E-state index in [2.05, 4.69) is 175 Å². The van der Waals surface area contributed by atoms with Crippen molar-refractivity contribution in [1.29, 1.82) is 0 Å². The molecule has 8 aromatic rings. The summed E-state index contributed by atoms with van der Waals surface area (Å²) in [5.74, 6) is 2.75. The summed E-state index contributed by atoms with van der Waals surface area (Å²) < 4.78 is 6.55. The molecule has 4 atom stereocenters. The Bertz CT molecular complexity index is 2640. The molecule has 1 aromatic heterocycles. The van der Waals surface area contributed by atoms with Gasteiger partial charge in [-0.2, -0.15) is 0 Å². The SMILES string of the molecule is c1ccc(-c2ccc(N(c3ccc4c(c3)oc3ccccc34)c3ccc(C45CCC6CC(CC6C4)C5)cc3-c3ccccc3)c(-c3ccccc3)c2)cc1. The van der Waals surface area contributed by atoms with Gasteiger partial charge >= 0.3 is 0 Å². The van der Waals surface area contributed by atoms with Crippen molar-refractivity contribution in [2.75, 3.05) is 4.90 Å². The third kappa shape index (κ3) is 5.22. The van der Waals surface area contributed by atoms with Crippen LogP contribution in [-0.2, 0) is 5.41 Å². The minimum atomic E-state index is 0.285. The number of nitrogens with zero attached hydrogens (tertiary/aromatic N) is 1. The average Bonchev–Trinajstić information content (AvgIpc) is 3.71. The van der Waals surface area contributed by atoms with Gasteiger partial charge < -0.3 is 9.32 Å². The first kappa shape index (κ1) is 31.6. The summed E-state index contributed by atoms with van der Waals surface area (Å²) in [5, 5.41) is 2.28. The Hall–Kier alpha value is -5.86. The van der Waals surface area contributed by atoms with E-state index in [-0.39, 0.29) is 5.41 Å². The molecule has 7 aromatic carbocycles. The smallest absolute Gasteiger partial charge is 0.137 e. The van der Waals surface area contributed by atoms with Crippen LogP contribution >= 0.6 is 0 Å². The van der Waals surface area contributed by atoms with Crippen LogP contribution in [0, 0.1) is 17.8 Å². The average molecular weight is 698 g/mol. The third-order valence-corrected chi connectivity index (χ3v) is 13.2. The second-order valence-corrected chi connectivity index (χ2v) is 16.3. The molecule has 11 rings (SSSR count). The highest BCUT2D eigenvalue weighted by atomic mass is 16.3. The van der Waals surface area contributed by atoms with Gasteiger partial charge in [0.05, 0.1) is 11.4 Å². The second kappa shape index (κ2) is 12.6. The van der Waals surface area contributed by atoms with E-state index in [0.717, 1.165) is 51.1 Å². The molecule has 3 aliphatic carbocycles. The molecule has 0 aliphatic heterocycles. The monoisotopic (exact) mass is 697 g/mol. The van der Waals surface area contributed by atoms with Crippen molar-refractivity contribution in [2.45, 2.75) is 43.9 Å². The van der Waals surface area contributed by atoms with E-state index < -0.39 is 0 Å². The first-order chi connectivity index (χ1) is 26.7. The summed E-state index contributed by atoms with van der Waals surface area (Å²) in [6, 6.07) is 62.4. The van der Waals surface area contributed by atoms with E-state index in [9.17, 15) is 0 Å². The molecule has 3 fully saturated rings. The minimum Gasteiger partial charge on any atom is -0.456 e. The van der Waals surface area contributed by atoms with Crippen LogP contribution < -0.4 is 4.90 Å². The Kier molecular flexibility index (Phi) is 7.40. The number of rotatable bonds is 7. The maximum absolute atomic E-state index is 6.55. The standard InChI is InChI=1S/C52H43NO/c1-4-12-36(13-5-1)39-20-24-48(46(30-39)37-14-6-2-7-15-37)53(43-22-23-45-44-18-10-11-19-50(44)54-51(45)32-43)49-25-21-42(31-47(49)38-16-8-3-9-17-38)52-27-26-40-28-35(33-52)29-41(40)34-52/h1-25,30-32,35,40-41H,26-29,33-34H2. The molecule has 0 spiro atoms. The first-order valence-corrected chi connectivity index (χ1v) is 19.9. The lowest BCUT2D eigenvalue weighted by Gasteiger charge is -2.46. The van der Waals surface area contributed by atoms with Gasteiger partial charge in [0.2, 0.25) is 0 Å². The maximum atomic E-state index is 6.55. The lowest BCUT2D eigenvalue weighted by molar-refractivity contribution is 0.139. The molecular formula is C52H43NO. The molecule has 2 heteroatoms. The fraction of sp³-hybridized carbons (Fsp3) is 0.192. The van der Waals surface area contributed by atoms with Crippen molar-refractivity contribution in [3.05, 3.63) is 175 Å². The quantitative estimate of drug-likeness (QED) is 0.165. The molecule has 262 valence electrons. The number of fused-ring (bicyclic) bond motifs is 5. The zero-order valence-electron chi connectivity index (χ0n) is 30.5. The van der Waals surface area contributed by atoms with E-state index in [1.165, 1.54) is 83.2 Å². The Labute approximate surface area is 317 Å². The van der Waals surface area contributed by atoms with E-state index in [1.807, 2.05) is 0 Å². The molecule has 3 saturated carbocycles. The highest BCUT2D eigenvalue weighted by Crippen LogP contribution is 2.62. The topological polar surface area (TPSA) is 16.4 Å². The second-order valence-electron chi connectivity index (χ2n) is 16.3. The highest BCUT2D eigenvalue weighted by molar-refractivity contribution is 6.06. The first-order valence-electron chi connectivity index (χ1n) is 19.9. The van der Waals surface area contributed by atoms with Crippen molar-refractivity contribution in [3.8, 4) is 33.4 Å². The van der Waals surface area contributed by atoms with Crippen molar-refractivity contribution < 1.29 is 4.42 Å². The van der Waals surface area contributed by atoms with Crippen LogP contribution in [0.2, 0.25) is 0 Å². The van der Waals surface area contributed by atoms with Crippen molar-refractivity contribution in [1.82, 2.24) is 0 Å². The highest BCUT2D eigenvalue weighted by Gasteiger charge is 2.52. The van der Waals surface area contributed by atoms with Crippen LogP contribution in [-0.4, -0.2) is 0 Å². The molecule has 54 heavy (non-hydrogen) atoms. The lowest BCUT2D eigenvalue weighted by Crippen LogP contribution is -2.38. The van der Waals surface area contributed by atoms with E-state index in [4.69, 9.17) is 4.42 Å². The van der Waals surface area contributed by atoms with E-state index in [1.54, 1.807) is 0 Å². The molecule has 2 nitrogen and oxygen atoms in total. The van der Waals surface area contributed by atoms with Gasteiger partial charge in [0, 0.05) is 33.7 Å². The number of para-hydroxylation sites is 1. The Morgan fingerprint density at radius 3 is 1.87 bits per heavy atom. The number of anilines is 3. The summed E-state index contributed by atoms with van der Waals surface area (Å²) in [5.41, 5.74) is 14.3. The Balaban J connectivity index is 1.16. The van der Waals surface area contributed by atoms with E-state index >= 15 is 0 Å². The molecule has 0 radical (unpaired) electrons. The van der Waals surface area contributed by atoms with Gasteiger partial charge in [0.25, 0.3) is 0 Å². The van der Waals surface area contributed by atoms with Gasteiger partial charge in [-0.25, -0.2) is 0 Å². The summed E-state index contributed by atoms with van der Waals surface area (Å²) in [6.45, 7) is 0. The largest absolute Gasteiger partial charge is 0.456 e. The van der Waals surface area contributed by atoms with Crippen molar-refractivity contribution in [2.24, 2.45) is 17.8 Å². The maximum Gasteiger partial charge on any atom is 0.137 e. The normalized spacial score (nSPS) is 21.5. The van der Waals surface area contributed by atoms with Gasteiger partial charge in [-0.1, -0.05) is 121 Å². The summed E-state index contributed by atoms with van der Waals surface area (Å²) in [7, 11) is 0. The van der Waals surface area contributed by atoms with Crippen LogP contribution in [0.5, 0.6) is 0 Å². The molecule has 0 saturated heterocycles. The molecule has 4 unspecified atom stereocenters. The fourth-order valence-corrected chi connectivity index (χ4v) is 10.9. The zero-order chi connectivity index (χ0) is 35.6. The third-order valence-electron chi connectivity index (χ3n) is 13.2. The zero-order valence-corrected chi connectivity index (χ0v) is 30.5. The van der Waals surface area contributed by atoms with Crippen molar-refractivity contribution in [3.63, 3.8) is 0 Å². The van der Waals surface area contributed by atoms with E-state index in [0.29, 0.717) is 0 Å². The summed E-state index contributed by atoms with van der Waals surface area (Å²) >= 11 is 0. The number of benzene rings is 7. The van der Waals surface area contributed by atoms with Gasteiger partial charge in [-0.05, 0) is 132 Å². The Morgan fingerprint density at radius 2 is 1.11 bits per heavy atom. The summed E-state index contributed by atoms with van der Waals surface area (Å²) in [4.78, 5) is 2.50. The number of hydrogen-bond acceptors (Lipinski definition) is 2. The van der Waals surface area contributed by atoms with Gasteiger partial charge in [-0.3, -0.25) is 0 Å². The predicted octanol–water partition coefficient (Wildman–Crippen LogP) is 14.5. The van der Waals surface area contributed by atoms with Crippen LogP contribution in [0.1, 0.15) is 44.1 Å². The van der Waals surface area contributed by atoms with Crippen LogP contribution in [0.3, 0.4) is 0 Å². The van der Waals surface area contributed by atoms with Crippen LogP contribution in [0.15, 0.2) is 174 Å².